The first-order valence-corrected chi connectivity index (χ1v) is 4.14. The van der Waals surface area contributed by atoms with Gasteiger partial charge < -0.3 is 5.32 Å². The van der Waals surface area contributed by atoms with E-state index >= 15 is 0 Å². The van der Waals surface area contributed by atoms with Crippen molar-refractivity contribution in [2.45, 2.75) is 25.8 Å². The van der Waals surface area contributed by atoms with Gasteiger partial charge in [-0.15, -0.1) is 0 Å². The lowest BCUT2D eigenvalue weighted by atomic mass is 9.91. The molecule has 59 valence electrons. The van der Waals surface area contributed by atoms with Crippen LogP contribution in [0.2, 0.25) is 0 Å². The summed E-state index contributed by atoms with van der Waals surface area (Å²) in [4.78, 5) is 0. The van der Waals surface area contributed by atoms with Gasteiger partial charge in [-0.2, -0.15) is 0 Å². The van der Waals surface area contributed by atoms with Gasteiger partial charge in [0, 0.05) is 13.1 Å². The van der Waals surface area contributed by atoms with Gasteiger partial charge in [-0.05, 0) is 38.8 Å². The van der Waals surface area contributed by atoms with Crippen LogP contribution in [0.1, 0.15) is 19.8 Å². The van der Waals surface area contributed by atoms with Crippen LogP contribution < -0.4 is 10.6 Å². The van der Waals surface area contributed by atoms with E-state index in [9.17, 15) is 0 Å². The van der Waals surface area contributed by atoms with Crippen LogP contribution in [0.5, 0.6) is 0 Å². The number of rotatable bonds is 2. The molecule has 0 aliphatic carbocycles. The number of hydrogen-bond acceptors (Lipinski definition) is 1. The monoisotopic (exact) mass is 141 g/mol. The van der Waals surface area contributed by atoms with E-state index in [4.69, 9.17) is 0 Å². The molecule has 0 aromatic rings. The average molecular weight is 141 g/mol. The molecule has 1 saturated heterocycles. The molecule has 1 atom stereocenters. The molecule has 0 amide bonds. The lowest BCUT2D eigenvalue weighted by molar-refractivity contribution is 0.301. The van der Waals surface area contributed by atoms with Gasteiger partial charge >= 0.3 is 0 Å². The zero-order valence-corrected chi connectivity index (χ0v) is 6.93. The second kappa shape index (κ2) is 3.94. The largest absolute Gasteiger partial charge is 0.317 e. The molecule has 1 fully saturated rings. The molecule has 1 heterocycles. The second-order valence-electron chi connectivity index (χ2n) is 3.09. The Kier molecular flexibility index (Phi) is 3.16. The van der Waals surface area contributed by atoms with E-state index in [-0.39, 0.29) is 0 Å². The lowest BCUT2D eigenvalue weighted by Crippen LogP contribution is -2.35. The Morgan fingerprint density at radius 2 is 2.00 bits per heavy atom. The summed E-state index contributed by atoms with van der Waals surface area (Å²) in [7, 11) is 1.92. The highest BCUT2D eigenvalue weighted by atomic mass is 14.9. The third kappa shape index (κ3) is 1.96. The third-order valence-electron chi connectivity index (χ3n) is 2.47. The number of nitrogens with zero attached hydrogens (tertiary/aromatic N) is 1. The minimum Gasteiger partial charge on any atom is -0.317 e. The summed E-state index contributed by atoms with van der Waals surface area (Å²) in [5.41, 5.74) is 0. The molecule has 0 aromatic carbocycles. The zero-order valence-electron chi connectivity index (χ0n) is 6.93. The van der Waals surface area contributed by atoms with Gasteiger partial charge in [-0.3, -0.25) is 0 Å². The molecule has 2 heteroatoms. The lowest BCUT2D eigenvalue weighted by Gasteiger charge is -2.26. The van der Waals surface area contributed by atoms with Crippen molar-refractivity contribution in [3.63, 3.8) is 0 Å². The van der Waals surface area contributed by atoms with Crippen molar-refractivity contribution >= 4 is 0 Å². The molecule has 1 unspecified atom stereocenters. The number of hydrogen-bond donors (Lipinski definition) is 1. The van der Waals surface area contributed by atoms with Gasteiger partial charge in [0.05, 0.1) is 0 Å². The van der Waals surface area contributed by atoms with Crippen molar-refractivity contribution in [3.8, 4) is 0 Å². The normalized spacial score (nSPS) is 24.6. The fraction of sp³-hybridized carbons (Fsp3) is 1.00. The summed E-state index contributed by atoms with van der Waals surface area (Å²) in [6.07, 6.45) is 2.61. The van der Waals surface area contributed by atoms with Gasteiger partial charge in [0.1, 0.15) is 0 Å². The topological polar surface area (TPSA) is 26.1 Å². The summed E-state index contributed by atoms with van der Waals surface area (Å²) in [5, 5.41) is 7.64. The minimum atomic E-state index is 0.571. The summed E-state index contributed by atoms with van der Waals surface area (Å²) in [6.45, 7) is 4.59. The summed E-state index contributed by atoms with van der Waals surface area (Å²) < 4.78 is 0. The molecule has 1 aliphatic rings. The van der Waals surface area contributed by atoms with Gasteiger partial charge in [0.25, 0.3) is 0 Å². The van der Waals surface area contributed by atoms with Gasteiger partial charge in [-0.25, -0.2) is 5.32 Å². The Morgan fingerprint density at radius 1 is 1.40 bits per heavy atom. The number of piperidine rings is 1. The Balaban J connectivity index is 2.24. The predicted octanol–water partition coefficient (Wildman–Crippen LogP) is 0.609. The molecule has 1 aliphatic heterocycles. The van der Waals surface area contributed by atoms with Crippen LogP contribution >= 0.6 is 0 Å². The minimum absolute atomic E-state index is 0.571. The standard InChI is InChI=1S/C8H17N2/c1-7(9-2)8-3-5-10-6-4-8/h7-8,10H,3-6H2,1-2H3. The maximum absolute atomic E-state index is 4.28. The summed E-state index contributed by atoms with van der Waals surface area (Å²) in [6, 6.07) is 0.571. The molecule has 0 spiro atoms. The quantitative estimate of drug-likeness (QED) is 0.599. The van der Waals surface area contributed by atoms with Gasteiger partial charge in [-0.1, -0.05) is 0 Å². The molecule has 0 aromatic heterocycles. The van der Waals surface area contributed by atoms with E-state index in [1.165, 1.54) is 25.9 Å². The van der Waals surface area contributed by atoms with Crippen molar-refractivity contribution in [2.24, 2.45) is 5.92 Å². The van der Waals surface area contributed by atoms with Crippen LogP contribution in [0.4, 0.5) is 0 Å². The molecule has 1 N–H and O–H groups in total. The van der Waals surface area contributed by atoms with Crippen LogP contribution in [0, 0.1) is 5.92 Å². The van der Waals surface area contributed by atoms with E-state index < -0.39 is 0 Å². The Bertz CT molecular complexity index is 87.3. The number of nitrogens with one attached hydrogen (secondary N) is 1. The van der Waals surface area contributed by atoms with Crippen LogP contribution in [-0.2, 0) is 0 Å². The van der Waals surface area contributed by atoms with E-state index in [1.807, 2.05) is 7.05 Å². The van der Waals surface area contributed by atoms with Crippen molar-refractivity contribution in [2.75, 3.05) is 20.1 Å². The molecule has 1 rings (SSSR count). The third-order valence-corrected chi connectivity index (χ3v) is 2.47. The van der Waals surface area contributed by atoms with Crippen molar-refractivity contribution in [1.82, 2.24) is 10.6 Å². The highest BCUT2D eigenvalue weighted by molar-refractivity contribution is 4.75. The highest BCUT2D eigenvalue weighted by Gasteiger charge is 2.18. The highest BCUT2D eigenvalue weighted by Crippen LogP contribution is 2.15. The molecular formula is C8H17N2. The smallest absolute Gasteiger partial charge is 0.0243 e. The molecule has 0 saturated carbocycles. The molecular weight excluding hydrogens is 124 g/mol. The van der Waals surface area contributed by atoms with E-state index in [1.54, 1.807) is 0 Å². The van der Waals surface area contributed by atoms with Crippen LogP contribution in [0.15, 0.2) is 0 Å². The average Bonchev–Trinajstić information content (AvgIpc) is 2.05. The first-order valence-electron chi connectivity index (χ1n) is 4.14. The fourth-order valence-corrected chi connectivity index (χ4v) is 1.54. The SMILES string of the molecule is C[N]C(C)C1CCNCC1. The van der Waals surface area contributed by atoms with Crippen LogP contribution in [-0.4, -0.2) is 26.2 Å². The van der Waals surface area contributed by atoms with Crippen molar-refractivity contribution in [1.29, 1.82) is 0 Å². The summed E-state index contributed by atoms with van der Waals surface area (Å²) >= 11 is 0. The van der Waals surface area contributed by atoms with Crippen LogP contribution in [0.3, 0.4) is 0 Å². The molecule has 2 nitrogen and oxygen atoms in total. The molecule has 0 bridgehead atoms. The Labute approximate surface area is 63.4 Å². The van der Waals surface area contributed by atoms with E-state index in [0.717, 1.165) is 5.92 Å². The van der Waals surface area contributed by atoms with Gasteiger partial charge in [0.15, 0.2) is 0 Å². The first-order chi connectivity index (χ1) is 4.84. The first kappa shape index (κ1) is 8.02. The molecule has 1 radical (unpaired) electrons. The second-order valence-corrected chi connectivity index (χ2v) is 3.09. The van der Waals surface area contributed by atoms with E-state index in [2.05, 4.69) is 17.6 Å². The van der Waals surface area contributed by atoms with Crippen LogP contribution in [0.25, 0.3) is 0 Å². The van der Waals surface area contributed by atoms with Crippen molar-refractivity contribution in [3.05, 3.63) is 0 Å². The van der Waals surface area contributed by atoms with E-state index in [0.29, 0.717) is 6.04 Å². The zero-order chi connectivity index (χ0) is 7.40. The van der Waals surface area contributed by atoms with Crippen molar-refractivity contribution < 1.29 is 0 Å². The summed E-state index contributed by atoms with van der Waals surface area (Å²) in [5.74, 6) is 0.839. The molecule has 10 heavy (non-hydrogen) atoms. The van der Waals surface area contributed by atoms with Gasteiger partial charge in [0.2, 0.25) is 0 Å². The maximum atomic E-state index is 4.28. The predicted molar refractivity (Wildman–Crippen MR) is 43.1 cm³/mol. The Hall–Kier alpha value is -0.0800. The fourth-order valence-electron chi connectivity index (χ4n) is 1.54. The maximum Gasteiger partial charge on any atom is 0.0243 e. The Morgan fingerprint density at radius 3 is 2.50 bits per heavy atom.